The summed E-state index contributed by atoms with van der Waals surface area (Å²) < 4.78 is 0. The molecule has 5 aliphatic rings. The fourth-order valence-electron chi connectivity index (χ4n) is 6.84. The van der Waals surface area contributed by atoms with Crippen molar-refractivity contribution in [2.45, 2.75) is 57.2 Å². The SMILES string of the molecule is CN1C(=O)[C@H](Cc2ccccc2)N[C@@H]1C12CC3CC(CC(C3)C1)C2. The topological polar surface area (TPSA) is 32.3 Å². The number of rotatable bonds is 3. The van der Waals surface area contributed by atoms with Crippen LogP contribution in [-0.2, 0) is 11.2 Å². The van der Waals surface area contributed by atoms with Crippen LogP contribution in [0.3, 0.4) is 0 Å². The number of benzene rings is 1. The molecule has 1 heterocycles. The lowest BCUT2D eigenvalue weighted by atomic mass is 9.48. The summed E-state index contributed by atoms with van der Waals surface area (Å²) in [7, 11) is 2.03. The van der Waals surface area contributed by atoms with Gasteiger partial charge in [0, 0.05) is 12.5 Å². The van der Waals surface area contributed by atoms with Crippen molar-refractivity contribution < 1.29 is 4.79 Å². The van der Waals surface area contributed by atoms with Gasteiger partial charge in [0.1, 0.15) is 0 Å². The monoisotopic (exact) mass is 324 g/mol. The largest absolute Gasteiger partial charge is 0.328 e. The molecule has 5 fully saturated rings. The van der Waals surface area contributed by atoms with E-state index in [1.807, 2.05) is 13.1 Å². The molecule has 6 rings (SSSR count). The van der Waals surface area contributed by atoms with Crippen LogP contribution in [0.1, 0.15) is 44.1 Å². The zero-order valence-corrected chi connectivity index (χ0v) is 14.6. The van der Waals surface area contributed by atoms with Gasteiger partial charge in [-0.2, -0.15) is 0 Å². The molecule has 3 heteroatoms. The lowest BCUT2D eigenvalue weighted by molar-refractivity contribution is -0.135. The summed E-state index contributed by atoms with van der Waals surface area (Å²) in [4.78, 5) is 14.9. The fraction of sp³-hybridized carbons (Fsp3) is 0.667. The normalized spacial score (nSPS) is 43.6. The number of amides is 1. The lowest BCUT2D eigenvalue weighted by Crippen LogP contribution is -2.58. The Hall–Kier alpha value is -1.35. The Bertz CT molecular complexity index is 605. The molecule has 1 saturated heterocycles. The molecule has 1 aliphatic heterocycles. The van der Waals surface area contributed by atoms with Crippen LogP contribution < -0.4 is 5.32 Å². The molecule has 0 spiro atoms. The van der Waals surface area contributed by atoms with Crippen LogP contribution in [0.5, 0.6) is 0 Å². The summed E-state index contributed by atoms with van der Waals surface area (Å²) in [5, 5.41) is 3.77. The zero-order valence-electron chi connectivity index (χ0n) is 14.6. The first-order valence-corrected chi connectivity index (χ1v) is 9.70. The molecule has 1 aromatic rings. The summed E-state index contributed by atoms with van der Waals surface area (Å²) in [5.41, 5.74) is 1.60. The molecule has 4 aliphatic carbocycles. The molecule has 24 heavy (non-hydrogen) atoms. The first kappa shape index (κ1) is 14.9. The van der Waals surface area contributed by atoms with Crippen molar-refractivity contribution in [1.82, 2.24) is 10.2 Å². The van der Waals surface area contributed by atoms with E-state index >= 15 is 0 Å². The third-order valence-electron chi connectivity index (χ3n) is 7.34. The second-order valence-corrected chi connectivity index (χ2v) is 9.04. The average molecular weight is 324 g/mol. The standard InChI is InChI=1S/C21H28N2O/c1-23-19(24)18(10-14-5-3-2-4-6-14)22-20(23)21-11-15-7-16(12-21)9-17(8-15)13-21/h2-6,15-18,20,22H,7-13H2,1H3/t15?,16?,17?,18-,20-,21?/m0/s1. The highest BCUT2D eigenvalue weighted by Gasteiger charge is 2.58. The number of nitrogens with zero attached hydrogens (tertiary/aromatic N) is 1. The van der Waals surface area contributed by atoms with Gasteiger partial charge < -0.3 is 4.90 Å². The Morgan fingerprint density at radius 2 is 1.62 bits per heavy atom. The van der Waals surface area contributed by atoms with Gasteiger partial charge in [0.05, 0.1) is 12.2 Å². The van der Waals surface area contributed by atoms with E-state index in [0.717, 1.165) is 24.2 Å². The van der Waals surface area contributed by atoms with Gasteiger partial charge in [-0.3, -0.25) is 10.1 Å². The van der Waals surface area contributed by atoms with Crippen LogP contribution in [0.2, 0.25) is 0 Å². The van der Waals surface area contributed by atoms with Crippen molar-refractivity contribution in [3.63, 3.8) is 0 Å². The summed E-state index contributed by atoms with van der Waals surface area (Å²) in [6, 6.07) is 10.4. The molecule has 0 aromatic heterocycles. The van der Waals surface area contributed by atoms with E-state index in [1.54, 1.807) is 0 Å². The molecule has 128 valence electrons. The highest BCUT2D eigenvalue weighted by Crippen LogP contribution is 2.62. The first-order chi connectivity index (χ1) is 11.6. The molecule has 1 amide bonds. The summed E-state index contributed by atoms with van der Waals surface area (Å²) in [6.45, 7) is 0. The minimum Gasteiger partial charge on any atom is -0.328 e. The Labute approximate surface area is 144 Å². The van der Waals surface area contributed by atoms with E-state index in [0.29, 0.717) is 11.3 Å². The van der Waals surface area contributed by atoms with E-state index in [9.17, 15) is 4.79 Å². The predicted octanol–water partition coefficient (Wildman–Crippen LogP) is 3.20. The minimum absolute atomic E-state index is 0.0459. The molecule has 3 nitrogen and oxygen atoms in total. The highest BCUT2D eigenvalue weighted by molar-refractivity contribution is 5.84. The Morgan fingerprint density at radius 1 is 1.04 bits per heavy atom. The van der Waals surface area contributed by atoms with E-state index in [2.05, 4.69) is 34.5 Å². The molecular weight excluding hydrogens is 296 g/mol. The van der Waals surface area contributed by atoms with Gasteiger partial charge in [0.25, 0.3) is 0 Å². The maximum atomic E-state index is 12.9. The predicted molar refractivity (Wildman–Crippen MR) is 94.2 cm³/mol. The zero-order chi connectivity index (χ0) is 16.3. The van der Waals surface area contributed by atoms with Crippen LogP contribution in [0.15, 0.2) is 30.3 Å². The van der Waals surface area contributed by atoms with Crippen molar-refractivity contribution >= 4 is 5.91 Å². The smallest absolute Gasteiger partial charge is 0.241 e. The second-order valence-electron chi connectivity index (χ2n) is 9.04. The second kappa shape index (κ2) is 5.32. The first-order valence-electron chi connectivity index (χ1n) is 9.70. The molecule has 4 saturated carbocycles. The summed E-state index contributed by atoms with van der Waals surface area (Å²) in [6.07, 6.45) is 9.45. The quantitative estimate of drug-likeness (QED) is 0.926. The number of hydrogen-bond acceptors (Lipinski definition) is 2. The van der Waals surface area contributed by atoms with Gasteiger partial charge in [-0.15, -0.1) is 0 Å². The third-order valence-corrected chi connectivity index (χ3v) is 7.34. The lowest BCUT2D eigenvalue weighted by Gasteiger charge is -2.59. The molecule has 0 radical (unpaired) electrons. The molecule has 4 bridgehead atoms. The summed E-state index contributed by atoms with van der Waals surface area (Å²) >= 11 is 0. The number of carbonyl (C=O) groups is 1. The third kappa shape index (κ3) is 2.24. The van der Waals surface area contributed by atoms with Gasteiger partial charge in [0.15, 0.2) is 0 Å². The van der Waals surface area contributed by atoms with Crippen molar-refractivity contribution in [3.8, 4) is 0 Å². The van der Waals surface area contributed by atoms with Crippen molar-refractivity contribution in [2.75, 3.05) is 7.05 Å². The molecule has 1 aromatic carbocycles. The Balaban J connectivity index is 1.38. The van der Waals surface area contributed by atoms with Gasteiger partial charge in [-0.1, -0.05) is 30.3 Å². The van der Waals surface area contributed by atoms with Crippen LogP contribution in [0.25, 0.3) is 0 Å². The maximum Gasteiger partial charge on any atom is 0.241 e. The van der Waals surface area contributed by atoms with Crippen LogP contribution in [0.4, 0.5) is 0 Å². The summed E-state index contributed by atoms with van der Waals surface area (Å²) in [5.74, 6) is 3.07. The van der Waals surface area contributed by atoms with Gasteiger partial charge in [-0.05, 0) is 68.3 Å². The van der Waals surface area contributed by atoms with Crippen molar-refractivity contribution in [1.29, 1.82) is 0 Å². The number of likely N-dealkylation sites (N-methyl/N-ethyl adjacent to an activating group) is 1. The number of nitrogens with one attached hydrogen (secondary N) is 1. The van der Waals surface area contributed by atoms with E-state index < -0.39 is 0 Å². The molecule has 2 atom stereocenters. The van der Waals surface area contributed by atoms with Crippen LogP contribution in [0, 0.1) is 23.2 Å². The van der Waals surface area contributed by atoms with Crippen molar-refractivity contribution in [2.24, 2.45) is 23.2 Å². The highest BCUT2D eigenvalue weighted by atomic mass is 16.2. The maximum absolute atomic E-state index is 12.9. The van der Waals surface area contributed by atoms with Gasteiger partial charge in [0.2, 0.25) is 5.91 Å². The van der Waals surface area contributed by atoms with E-state index in [-0.39, 0.29) is 12.2 Å². The van der Waals surface area contributed by atoms with Crippen LogP contribution in [-0.4, -0.2) is 30.1 Å². The molecular formula is C21H28N2O. The van der Waals surface area contributed by atoms with Crippen LogP contribution >= 0.6 is 0 Å². The van der Waals surface area contributed by atoms with Gasteiger partial charge in [-0.25, -0.2) is 0 Å². The average Bonchev–Trinajstić information content (AvgIpc) is 2.84. The minimum atomic E-state index is -0.0459. The number of hydrogen-bond donors (Lipinski definition) is 1. The Kier molecular flexibility index (Phi) is 3.31. The van der Waals surface area contributed by atoms with Crippen molar-refractivity contribution in [3.05, 3.63) is 35.9 Å². The van der Waals surface area contributed by atoms with Gasteiger partial charge >= 0.3 is 0 Å². The van der Waals surface area contributed by atoms with E-state index in [1.165, 1.54) is 44.1 Å². The molecule has 1 N–H and O–H groups in total. The Morgan fingerprint density at radius 3 is 2.21 bits per heavy atom. The molecule has 0 unspecified atom stereocenters. The fourth-order valence-corrected chi connectivity index (χ4v) is 6.84. The van der Waals surface area contributed by atoms with E-state index in [4.69, 9.17) is 0 Å². The number of carbonyl (C=O) groups excluding carboxylic acids is 1.